The molecular formula is C16H31IN6S. The Bertz CT molecular complexity index is 491. The summed E-state index contributed by atoms with van der Waals surface area (Å²) in [6.07, 6.45) is 0. The number of likely N-dealkylation sites (N-methyl/N-ethyl adjacent to an activating group) is 1. The summed E-state index contributed by atoms with van der Waals surface area (Å²) >= 11 is 1.75. The number of thiazole rings is 1. The minimum atomic E-state index is 0. The van der Waals surface area contributed by atoms with Gasteiger partial charge in [0, 0.05) is 51.2 Å². The highest BCUT2D eigenvalue weighted by atomic mass is 127. The van der Waals surface area contributed by atoms with E-state index in [2.05, 4.69) is 51.2 Å². The van der Waals surface area contributed by atoms with E-state index in [9.17, 15) is 0 Å². The molecule has 1 aliphatic rings. The molecule has 0 atom stereocenters. The van der Waals surface area contributed by atoms with Crippen molar-refractivity contribution in [1.82, 2.24) is 25.4 Å². The average molecular weight is 466 g/mol. The zero-order valence-corrected chi connectivity index (χ0v) is 18.4. The van der Waals surface area contributed by atoms with Crippen molar-refractivity contribution in [3.8, 4) is 0 Å². The first-order valence-corrected chi connectivity index (χ1v) is 9.26. The lowest BCUT2D eigenvalue weighted by atomic mass is 10.3. The first-order valence-electron chi connectivity index (χ1n) is 8.44. The standard InChI is InChI=1S/C16H30N6S.HI/c1-5-21-8-10-22(11-9-21)7-6-18-16(17-4)19-12-15-20-13(2)14(3)23-15;/h5-12H2,1-4H3,(H2,17,18,19);1H. The number of hydrogen-bond donors (Lipinski definition) is 2. The highest BCUT2D eigenvalue weighted by Crippen LogP contribution is 2.15. The lowest BCUT2D eigenvalue weighted by molar-refractivity contribution is 0.139. The van der Waals surface area contributed by atoms with Gasteiger partial charge in [-0.15, -0.1) is 35.3 Å². The fourth-order valence-electron chi connectivity index (χ4n) is 2.66. The van der Waals surface area contributed by atoms with Crippen LogP contribution in [0.5, 0.6) is 0 Å². The third-order valence-electron chi connectivity index (χ3n) is 4.34. The second-order valence-corrected chi connectivity index (χ2v) is 7.17. The predicted octanol–water partition coefficient (Wildman–Crippen LogP) is 1.68. The molecule has 1 fully saturated rings. The molecule has 0 bridgehead atoms. The molecule has 1 aromatic heterocycles. The van der Waals surface area contributed by atoms with E-state index < -0.39 is 0 Å². The molecule has 2 N–H and O–H groups in total. The van der Waals surface area contributed by atoms with Crippen LogP contribution in [0.4, 0.5) is 0 Å². The molecule has 0 amide bonds. The number of halogens is 1. The van der Waals surface area contributed by atoms with E-state index in [-0.39, 0.29) is 24.0 Å². The van der Waals surface area contributed by atoms with Crippen molar-refractivity contribution in [3.05, 3.63) is 15.6 Å². The van der Waals surface area contributed by atoms with Gasteiger partial charge in [-0.25, -0.2) is 4.98 Å². The number of nitrogens with zero attached hydrogens (tertiary/aromatic N) is 4. The molecule has 1 saturated heterocycles. The van der Waals surface area contributed by atoms with Gasteiger partial charge in [-0.3, -0.25) is 9.89 Å². The Morgan fingerprint density at radius 2 is 1.83 bits per heavy atom. The molecule has 1 aromatic rings. The van der Waals surface area contributed by atoms with Crippen molar-refractivity contribution in [2.24, 2.45) is 4.99 Å². The lowest BCUT2D eigenvalue weighted by Crippen LogP contribution is -2.49. The Morgan fingerprint density at radius 3 is 2.38 bits per heavy atom. The Morgan fingerprint density at radius 1 is 1.17 bits per heavy atom. The van der Waals surface area contributed by atoms with Crippen molar-refractivity contribution in [3.63, 3.8) is 0 Å². The van der Waals surface area contributed by atoms with Gasteiger partial charge < -0.3 is 15.5 Å². The zero-order chi connectivity index (χ0) is 16.7. The number of aryl methyl sites for hydroxylation is 2. The summed E-state index contributed by atoms with van der Waals surface area (Å²) in [5.41, 5.74) is 1.13. The minimum Gasteiger partial charge on any atom is -0.355 e. The van der Waals surface area contributed by atoms with Gasteiger partial charge in [-0.2, -0.15) is 0 Å². The van der Waals surface area contributed by atoms with Crippen molar-refractivity contribution in [2.75, 3.05) is 52.9 Å². The molecule has 138 valence electrons. The topological polar surface area (TPSA) is 55.8 Å². The van der Waals surface area contributed by atoms with Crippen molar-refractivity contribution < 1.29 is 0 Å². The molecule has 2 rings (SSSR count). The summed E-state index contributed by atoms with van der Waals surface area (Å²) in [7, 11) is 1.81. The SMILES string of the molecule is CCN1CCN(CCNC(=NC)NCc2nc(C)c(C)s2)CC1.I. The van der Waals surface area contributed by atoms with E-state index in [1.807, 2.05) is 7.05 Å². The van der Waals surface area contributed by atoms with E-state index in [0.29, 0.717) is 0 Å². The van der Waals surface area contributed by atoms with Crippen LogP contribution in [0.15, 0.2) is 4.99 Å². The summed E-state index contributed by atoms with van der Waals surface area (Å²) in [4.78, 5) is 15.1. The number of aromatic nitrogens is 1. The average Bonchev–Trinajstić information content (AvgIpc) is 2.89. The van der Waals surface area contributed by atoms with E-state index >= 15 is 0 Å². The third kappa shape index (κ3) is 6.81. The second-order valence-electron chi connectivity index (χ2n) is 5.88. The van der Waals surface area contributed by atoms with E-state index in [4.69, 9.17) is 0 Å². The van der Waals surface area contributed by atoms with Crippen LogP contribution < -0.4 is 10.6 Å². The van der Waals surface area contributed by atoms with Gasteiger partial charge in [0.15, 0.2) is 5.96 Å². The van der Waals surface area contributed by atoms with Gasteiger partial charge >= 0.3 is 0 Å². The number of piperazine rings is 1. The quantitative estimate of drug-likeness (QED) is 0.380. The molecule has 6 nitrogen and oxygen atoms in total. The molecular weight excluding hydrogens is 435 g/mol. The summed E-state index contributed by atoms with van der Waals surface area (Å²) in [5.74, 6) is 0.850. The van der Waals surface area contributed by atoms with Crippen LogP contribution in [0.3, 0.4) is 0 Å². The van der Waals surface area contributed by atoms with Crippen molar-refractivity contribution >= 4 is 41.3 Å². The molecule has 0 aliphatic carbocycles. The molecule has 0 spiro atoms. The van der Waals surface area contributed by atoms with Crippen LogP contribution in [-0.2, 0) is 6.54 Å². The Hall–Kier alpha value is -0.450. The van der Waals surface area contributed by atoms with E-state index in [0.717, 1.165) is 36.3 Å². The molecule has 24 heavy (non-hydrogen) atoms. The van der Waals surface area contributed by atoms with Crippen LogP contribution in [0.1, 0.15) is 22.5 Å². The molecule has 1 aliphatic heterocycles. The summed E-state index contributed by atoms with van der Waals surface area (Å²) in [6, 6.07) is 0. The van der Waals surface area contributed by atoms with Gasteiger partial charge in [0.25, 0.3) is 0 Å². The molecule has 0 unspecified atom stereocenters. The van der Waals surface area contributed by atoms with Crippen LogP contribution >= 0.6 is 35.3 Å². The number of rotatable bonds is 6. The molecule has 2 heterocycles. The fraction of sp³-hybridized carbons (Fsp3) is 0.750. The number of aliphatic imine (C=N–C) groups is 1. The fourth-order valence-corrected chi connectivity index (χ4v) is 3.53. The van der Waals surface area contributed by atoms with Crippen molar-refractivity contribution in [2.45, 2.75) is 27.3 Å². The Labute approximate surface area is 167 Å². The summed E-state index contributed by atoms with van der Waals surface area (Å²) < 4.78 is 0. The molecule has 0 aromatic carbocycles. The smallest absolute Gasteiger partial charge is 0.191 e. The maximum atomic E-state index is 4.55. The third-order valence-corrected chi connectivity index (χ3v) is 5.41. The van der Waals surface area contributed by atoms with Crippen LogP contribution in [0.25, 0.3) is 0 Å². The molecule has 0 radical (unpaired) electrons. The monoisotopic (exact) mass is 466 g/mol. The largest absolute Gasteiger partial charge is 0.355 e. The molecule has 0 saturated carbocycles. The van der Waals surface area contributed by atoms with Crippen LogP contribution in [0.2, 0.25) is 0 Å². The number of nitrogens with one attached hydrogen (secondary N) is 2. The van der Waals surface area contributed by atoms with Gasteiger partial charge in [-0.05, 0) is 20.4 Å². The first-order chi connectivity index (χ1) is 11.1. The second kappa shape index (κ2) is 11.2. The Balaban J connectivity index is 0.00000288. The van der Waals surface area contributed by atoms with E-state index in [1.165, 1.54) is 37.6 Å². The molecule has 8 heteroatoms. The van der Waals surface area contributed by atoms with Crippen molar-refractivity contribution in [1.29, 1.82) is 0 Å². The van der Waals surface area contributed by atoms with E-state index in [1.54, 1.807) is 11.3 Å². The van der Waals surface area contributed by atoms with Gasteiger partial charge in [0.1, 0.15) is 5.01 Å². The van der Waals surface area contributed by atoms with Gasteiger partial charge in [-0.1, -0.05) is 6.92 Å². The predicted molar refractivity (Wildman–Crippen MR) is 114 cm³/mol. The zero-order valence-electron chi connectivity index (χ0n) is 15.3. The maximum Gasteiger partial charge on any atom is 0.191 e. The number of hydrogen-bond acceptors (Lipinski definition) is 5. The minimum absolute atomic E-state index is 0. The van der Waals surface area contributed by atoms with Gasteiger partial charge in [0.05, 0.1) is 12.2 Å². The van der Waals surface area contributed by atoms with Crippen LogP contribution in [0, 0.1) is 13.8 Å². The lowest BCUT2D eigenvalue weighted by Gasteiger charge is -2.34. The highest BCUT2D eigenvalue weighted by molar-refractivity contribution is 14.0. The normalized spacial score (nSPS) is 16.8. The first kappa shape index (κ1) is 21.6. The summed E-state index contributed by atoms with van der Waals surface area (Å²) in [6.45, 7) is 15.0. The number of guanidine groups is 1. The van der Waals surface area contributed by atoms with Crippen LogP contribution in [-0.4, -0.2) is 73.6 Å². The Kier molecular flexibility index (Phi) is 10.1. The highest BCUT2D eigenvalue weighted by Gasteiger charge is 2.14. The maximum absolute atomic E-state index is 4.55. The van der Waals surface area contributed by atoms with Gasteiger partial charge in [0.2, 0.25) is 0 Å². The summed E-state index contributed by atoms with van der Waals surface area (Å²) in [5, 5.41) is 7.84.